The number of amidine groups is 1. The fraction of sp³-hybridized carbons (Fsp3) is 0.292. The number of hydrogen-bond acceptors (Lipinski definition) is 11. The largest absolute Gasteiger partial charge is 0.506 e. The molecule has 1 aliphatic rings. The standard InChI is InChI=1S/C24H29N7O5S/c1-13(2)11-27-31-16-6-4-3-5-14(16)21(32)19(24(31)33)23-28-15-7-8-17-20(22(15)37(34,35)30-23)29-18(36-17)12-26-10-9-25/h3-8,13,26-27,32,34-35H,9-12,25H2,1-2H3,(H,28,30). The lowest BCUT2D eigenvalue weighted by atomic mass is 10.1. The van der Waals surface area contributed by atoms with Gasteiger partial charge in [-0.05, 0) is 30.2 Å². The molecule has 12 nitrogen and oxygen atoms in total. The molecule has 0 unspecified atom stereocenters. The molecule has 0 aliphatic carbocycles. The van der Waals surface area contributed by atoms with Crippen LogP contribution in [0, 0.1) is 5.92 Å². The molecule has 0 fully saturated rings. The first kappa shape index (κ1) is 25.0. The number of aromatic hydroxyl groups is 1. The second-order valence-corrected chi connectivity index (χ2v) is 10.7. The predicted molar refractivity (Wildman–Crippen MR) is 145 cm³/mol. The molecule has 0 spiro atoms. The second kappa shape index (κ2) is 9.68. The molecule has 2 aromatic carbocycles. The average molecular weight is 528 g/mol. The zero-order valence-electron chi connectivity index (χ0n) is 20.4. The predicted octanol–water partition coefficient (Wildman–Crippen LogP) is 2.99. The van der Waals surface area contributed by atoms with Crippen molar-refractivity contribution in [2.75, 3.05) is 30.4 Å². The highest BCUT2D eigenvalue weighted by molar-refractivity contribution is 8.23. The fourth-order valence-electron chi connectivity index (χ4n) is 4.17. The Labute approximate surface area is 213 Å². The van der Waals surface area contributed by atoms with Crippen LogP contribution in [0.4, 0.5) is 5.69 Å². The van der Waals surface area contributed by atoms with Crippen LogP contribution < -0.4 is 27.4 Å². The number of nitrogens with one attached hydrogen (secondary N) is 3. The van der Waals surface area contributed by atoms with Gasteiger partial charge in [0.15, 0.2) is 11.4 Å². The number of pyridine rings is 1. The molecule has 196 valence electrons. The minimum atomic E-state index is -3.82. The molecule has 3 heterocycles. The van der Waals surface area contributed by atoms with Crippen molar-refractivity contribution in [3.8, 4) is 5.75 Å². The molecule has 1 aliphatic heterocycles. The van der Waals surface area contributed by atoms with E-state index in [1.165, 1.54) is 4.68 Å². The number of oxazole rings is 1. The third-order valence-electron chi connectivity index (χ3n) is 5.85. The third kappa shape index (κ3) is 4.51. The van der Waals surface area contributed by atoms with E-state index in [1.54, 1.807) is 36.4 Å². The lowest BCUT2D eigenvalue weighted by Gasteiger charge is -2.34. The van der Waals surface area contributed by atoms with E-state index in [1.807, 2.05) is 13.8 Å². The molecule has 5 rings (SSSR count). The number of anilines is 1. The summed E-state index contributed by atoms with van der Waals surface area (Å²) in [5.41, 5.74) is 9.22. The molecule has 8 N–H and O–H groups in total. The second-order valence-electron chi connectivity index (χ2n) is 9.08. The Morgan fingerprint density at radius 3 is 2.76 bits per heavy atom. The smallest absolute Gasteiger partial charge is 0.284 e. The summed E-state index contributed by atoms with van der Waals surface area (Å²) in [4.78, 5) is 18.1. The molecule has 0 bridgehead atoms. The van der Waals surface area contributed by atoms with Gasteiger partial charge in [-0.3, -0.25) is 13.9 Å². The number of rotatable bonds is 8. The van der Waals surface area contributed by atoms with Crippen molar-refractivity contribution in [3.63, 3.8) is 0 Å². The van der Waals surface area contributed by atoms with Crippen LogP contribution in [0.25, 0.3) is 22.0 Å². The summed E-state index contributed by atoms with van der Waals surface area (Å²) in [7, 11) is -3.82. The van der Waals surface area contributed by atoms with Crippen molar-refractivity contribution in [2.24, 2.45) is 16.0 Å². The molecule has 4 aromatic rings. The summed E-state index contributed by atoms with van der Waals surface area (Å²) in [6.07, 6.45) is 0. The van der Waals surface area contributed by atoms with Crippen LogP contribution in [-0.4, -0.2) is 49.3 Å². The Balaban J connectivity index is 1.63. The van der Waals surface area contributed by atoms with Gasteiger partial charge in [-0.15, -0.1) is 4.40 Å². The van der Waals surface area contributed by atoms with Gasteiger partial charge in [0, 0.05) is 25.0 Å². The number of para-hydroxylation sites is 1. The van der Waals surface area contributed by atoms with Crippen molar-refractivity contribution >= 4 is 44.3 Å². The van der Waals surface area contributed by atoms with Gasteiger partial charge in [0.05, 0.1) is 17.7 Å². The van der Waals surface area contributed by atoms with Crippen LogP contribution in [0.3, 0.4) is 0 Å². The van der Waals surface area contributed by atoms with Gasteiger partial charge < -0.3 is 31.3 Å². The van der Waals surface area contributed by atoms with Crippen molar-refractivity contribution in [3.05, 3.63) is 58.2 Å². The Kier molecular flexibility index (Phi) is 6.56. The van der Waals surface area contributed by atoms with Gasteiger partial charge in [-0.25, -0.2) is 9.66 Å². The van der Waals surface area contributed by atoms with Crippen LogP contribution in [0.1, 0.15) is 25.3 Å². The van der Waals surface area contributed by atoms with Gasteiger partial charge >= 0.3 is 0 Å². The number of nitrogens with two attached hydrogens (primary N) is 1. The molecule has 13 heteroatoms. The first-order chi connectivity index (χ1) is 17.7. The summed E-state index contributed by atoms with van der Waals surface area (Å²) in [6.45, 7) is 5.85. The maximum absolute atomic E-state index is 13.6. The Bertz CT molecular complexity index is 1580. The van der Waals surface area contributed by atoms with Crippen molar-refractivity contribution in [1.82, 2.24) is 15.0 Å². The van der Waals surface area contributed by atoms with Crippen LogP contribution in [0.2, 0.25) is 0 Å². The van der Waals surface area contributed by atoms with Gasteiger partial charge in [0.1, 0.15) is 21.7 Å². The molecular formula is C24H29N7O5S. The van der Waals surface area contributed by atoms with E-state index < -0.39 is 16.3 Å². The molecule has 0 saturated heterocycles. The molecular weight excluding hydrogens is 498 g/mol. The van der Waals surface area contributed by atoms with Crippen LogP contribution in [-0.2, 0) is 6.54 Å². The summed E-state index contributed by atoms with van der Waals surface area (Å²) < 4.78 is 33.4. The summed E-state index contributed by atoms with van der Waals surface area (Å²) in [6, 6.07) is 10.1. The third-order valence-corrected chi connectivity index (χ3v) is 7.25. The van der Waals surface area contributed by atoms with E-state index in [9.17, 15) is 19.0 Å². The molecule has 2 aromatic heterocycles. The van der Waals surface area contributed by atoms with E-state index in [0.29, 0.717) is 54.2 Å². The fourth-order valence-corrected chi connectivity index (χ4v) is 5.47. The highest BCUT2D eigenvalue weighted by atomic mass is 32.3. The number of hydrogen-bond donors (Lipinski definition) is 7. The zero-order chi connectivity index (χ0) is 26.3. The molecule has 0 radical (unpaired) electrons. The monoisotopic (exact) mass is 527 g/mol. The molecule has 37 heavy (non-hydrogen) atoms. The Morgan fingerprint density at radius 2 is 2.00 bits per heavy atom. The SMILES string of the molecule is CC(C)CNn1c(=O)c(C2=NS(O)(O)c3c(ccc4oc(CNCCN)nc34)N2)c(O)c2ccccc21. The topological polar surface area (TPSA) is 183 Å². The molecule has 0 amide bonds. The van der Waals surface area contributed by atoms with Crippen LogP contribution in [0.5, 0.6) is 5.75 Å². The van der Waals surface area contributed by atoms with Crippen LogP contribution in [0.15, 0.2) is 54.9 Å². The first-order valence-corrected chi connectivity index (χ1v) is 13.3. The normalized spacial score (nSPS) is 15.5. The molecule has 0 atom stereocenters. The lowest BCUT2D eigenvalue weighted by Crippen LogP contribution is -2.37. The van der Waals surface area contributed by atoms with Crippen molar-refractivity contribution < 1.29 is 18.6 Å². The van der Waals surface area contributed by atoms with Gasteiger partial charge in [0.2, 0.25) is 5.89 Å². The van der Waals surface area contributed by atoms with E-state index in [0.717, 1.165) is 0 Å². The number of nitrogens with zero attached hydrogens (tertiary/aromatic N) is 3. The quantitative estimate of drug-likeness (QED) is 0.168. The summed E-state index contributed by atoms with van der Waals surface area (Å²) >= 11 is 0. The zero-order valence-corrected chi connectivity index (χ0v) is 21.2. The summed E-state index contributed by atoms with van der Waals surface area (Å²) in [5.74, 6) is 0.123. The number of aromatic nitrogens is 2. The lowest BCUT2D eigenvalue weighted by molar-refractivity contribution is 0.477. The average Bonchev–Trinajstić information content (AvgIpc) is 3.26. The van der Waals surface area contributed by atoms with Crippen molar-refractivity contribution in [1.29, 1.82) is 0 Å². The van der Waals surface area contributed by atoms with Gasteiger partial charge in [-0.1, -0.05) is 36.8 Å². The summed E-state index contributed by atoms with van der Waals surface area (Å²) in [5, 5.41) is 17.6. The highest BCUT2D eigenvalue weighted by Gasteiger charge is 2.33. The number of benzene rings is 2. The first-order valence-electron chi connectivity index (χ1n) is 11.8. The van der Waals surface area contributed by atoms with E-state index in [-0.39, 0.29) is 33.5 Å². The minimum absolute atomic E-state index is 0.0566. The van der Waals surface area contributed by atoms with Gasteiger partial charge in [0.25, 0.3) is 5.56 Å². The number of fused-ring (bicyclic) bond motifs is 4. The van der Waals surface area contributed by atoms with Crippen LogP contribution >= 0.6 is 10.8 Å². The molecule has 0 saturated carbocycles. The van der Waals surface area contributed by atoms with Crippen molar-refractivity contribution in [2.45, 2.75) is 25.3 Å². The van der Waals surface area contributed by atoms with E-state index in [4.69, 9.17) is 10.2 Å². The maximum Gasteiger partial charge on any atom is 0.284 e. The highest BCUT2D eigenvalue weighted by Crippen LogP contribution is 2.58. The minimum Gasteiger partial charge on any atom is -0.506 e. The Morgan fingerprint density at radius 1 is 1.22 bits per heavy atom. The van der Waals surface area contributed by atoms with Gasteiger partial charge in [-0.2, -0.15) is 0 Å². The Hall–Kier alpha value is -3.62. The van der Waals surface area contributed by atoms with E-state index in [2.05, 4.69) is 25.4 Å². The maximum atomic E-state index is 13.6. The van der Waals surface area contributed by atoms with E-state index >= 15 is 0 Å².